The standard InChI is InChI=1S/C15H22O2/c1-14(2,3)15(4,13(16)17)11-10-12-8-6-5-7-9-12/h5-9H,10-11H2,1-4H3,(H,16,17). The summed E-state index contributed by atoms with van der Waals surface area (Å²) in [5, 5.41) is 9.45. The zero-order chi connectivity index (χ0) is 13.1. The molecule has 0 radical (unpaired) electrons. The molecule has 1 rings (SSSR count). The van der Waals surface area contributed by atoms with E-state index in [0.29, 0.717) is 6.42 Å². The molecule has 2 heteroatoms. The number of hydrogen-bond donors (Lipinski definition) is 1. The molecule has 1 aromatic carbocycles. The van der Waals surface area contributed by atoms with E-state index in [1.54, 1.807) is 0 Å². The van der Waals surface area contributed by atoms with Gasteiger partial charge in [-0.1, -0.05) is 51.1 Å². The van der Waals surface area contributed by atoms with E-state index in [9.17, 15) is 9.90 Å². The minimum absolute atomic E-state index is 0.242. The molecule has 1 unspecified atom stereocenters. The molecule has 0 aliphatic rings. The van der Waals surface area contributed by atoms with Crippen LogP contribution >= 0.6 is 0 Å². The lowest BCUT2D eigenvalue weighted by atomic mass is 9.65. The Morgan fingerprint density at radius 3 is 2.06 bits per heavy atom. The number of hydrogen-bond acceptors (Lipinski definition) is 1. The molecular weight excluding hydrogens is 212 g/mol. The van der Waals surface area contributed by atoms with Crippen LogP contribution in [0.3, 0.4) is 0 Å². The molecule has 0 fully saturated rings. The first kappa shape index (κ1) is 13.8. The van der Waals surface area contributed by atoms with E-state index in [1.807, 2.05) is 58.0 Å². The summed E-state index contributed by atoms with van der Waals surface area (Å²) in [7, 11) is 0. The lowest BCUT2D eigenvalue weighted by Gasteiger charge is -2.38. The summed E-state index contributed by atoms with van der Waals surface area (Å²) >= 11 is 0. The summed E-state index contributed by atoms with van der Waals surface area (Å²) in [4.78, 5) is 11.5. The second-order valence-electron chi connectivity index (χ2n) is 5.87. The van der Waals surface area contributed by atoms with Gasteiger partial charge in [0.05, 0.1) is 5.41 Å². The fourth-order valence-corrected chi connectivity index (χ4v) is 1.84. The Morgan fingerprint density at radius 2 is 1.65 bits per heavy atom. The minimum Gasteiger partial charge on any atom is -0.481 e. The fourth-order valence-electron chi connectivity index (χ4n) is 1.84. The smallest absolute Gasteiger partial charge is 0.309 e. The van der Waals surface area contributed by atoms with E-state index in [0.717, 1.165) is 6.42 Å². The van der Waals surface area contributed by atoms with Gasteiger partial charge in [0.2, 0.25) is 0 Å². The van der Waals surface area contributed by atoms with Crippen LogP contribution in [0.5, 0.6) is 0 Å². The van der Waals surface area contributed by atoms with Gasteiger partial charge in [-0.05, 0) is 30.7 Å². The number of rotatable bonds is 4. The van der Waals surface area contributed by atoms with Crippen molar-refractivity contribution < 1.29 is 9.90 Å². The topological polar surface area (TPSA) is 37.3 Å². The highest BCUT2D eigenvalue weighted by Gasteiger charge is 2.43. The van der Waals surface area contributed by atoms with Crippen molar-refractivity contribution in [2.75, 3.05) is 0 Å². The van der Waals surface area contributed by atoms with E-state index in [-0.39, 0.29) is 5.41 Å². The van der Waals surface area contributed by atoms with Gasteiger partial charge >= 0.3 is 5.97 Å². The van der Waals surface area contributed by atoms with E-state index in [1.165, 1.54) is 5.56 Å². The van der Waals surface area contributed by atoms with Crippen LogP contribution in [0.4, 0.5) is 0 Å². The van der Waals surface area contributed by atoms with Gasteiger partial charge in [0.15, 0.2) is 0 Å². The molecule has 1 atom stereocenters. The molecule has 0 aliphatic heterocycles. The summed E-state index contributed by atoms with van der Waals surface area (Å²) in [6.45, 7) is 7.82. The maximum atomic E-state index is 11.5. The maximum Gasteiger partial charge on any atom is 0.309 e. The molecule has 0 aromatic heterocycles. The zero-order valence-electron chi connectivity index (χ0n) is 11.2. The van der Waals surface area contributed by atoms with Gasteiger partial charge < -0.3 is 5.11 Å². The molecule has 94 valence electrons. The predicted molar refractivity (Wildman–Crippen MR) is 70.0 cm³/mol. The van der Waals surface area contributed by atoms with Crippen LogP contribution in [0.2, 0.25) is 0 Å². The zero-order valence-corrected chi connectivity index (χ0v) is 11.2. The third-order valence-electron chi connectivity index (χ3n) is 3.88. The van der Waals surface area contributed by atoms with Crippen molar-refractivity contribution in [3.63, 3.8) is 0 Å². The van der Waals surface area contributed by atoms with Crippen LogP contribution in [0.15, 0.2) is 30.3 Å². The second kappa shape index (κ2) is 4.91. The van der Waals surface area contributed by atoms with E-state index in [4.69, 9.17) is 0 Å². The number of aryl methyl sites for hydroxylation is 1. The molecule has 0 amide bonds. The van der Waals surface area contributed by atoms with Crippen LogP contribution in [-0.2, 0) is 11.2 Å². The van der Waals surface area contributed by atoms with E-state index < -0.39 is 11.4 Å². The number of benzene rings is 1. The van der Waals surface area contributed by atoms with Crippen molar-refractivity contribution in [3.8, 4) is 0 Å². The molecule has 0 bridgehead atoms. The SMILES string of the molecule is CC(C)(C)C(C)(CCc1ccccc1)C(=O)O. The summed E-state index contributed by atoms with van der Waals surface area (Å²) in [6, 6.07) is 10.1. The first-order valence-electron chi connectivity index (χ1n) is 6.05. The van der Waals surface area contributed by atoms with Crippen molar-refractivity contribution in [1.29, 1.82) is 0 Å². The summed E-state index contributed by atoms with van der Waals surface area (Å²) < 4.78 is 0. The monoisotopic (exact) mass is 234 g/mol. The Hall–Kier alpha value is -1.31. The molecule has 17 heavy (non-hydrogen) atoms. The van der Waals surface area contributed by atoms with Crippen molar-refractivity contribution in [1.82, 2.24) is 0 Å². The third kappa shape index (κ3) is 3.09. The van der Waals surface area contributed by atoms with Crippen LogP contribution < -0.4 is 0 Å². The second-order valence-corrected chi connectivity index (χ2v) is 5.87. The largest absolute Gasteiger partial charge is 0.481 e. The van der Waals surface area contributed by atoms with Crippen LogP contribution in [0.25, 0.3) is 0 Å². The van der Waals surface area contributed by atoms with E-state index >= 15 is 0 Å². The first-order valence-corrected chi connectivity index (χ1v) is 6.05. The van der Waals surface area contributed by atoms with Gasteiger partial charge in [-0.3, -0.25) is 4.79 Å². The molecule has 0 saturated carbocycles. The normalized spacial score (nSPS) is 15.3. The Balaban J connectivity index is 2.80. The fraction of sp³-hybridized carbons (Fsp3) is 0.533. The summed E-state index contributed by atoms with van der Waals surface area (Å²) in [6.07, 6.45) is 1.47. The first-order chi connectivity index (χ1) is 7.77. The number of aliphatic carboxylic acids is 1. The van der Waals surface area contributed by atoms with Crippen molar-refractivity contribution in [2.45, 2.75) is 40.5 Å². The summed E-state index contributed by atoms with van der Waals surface area (Å²) in [5.74, 6) is -0.707. The Labute approximate surface area is 104 Å². The van der Waals surface area contributed by atoms with Crippen LogP contribution in [0.1, 0.15) is 39.7 Å². The van der Waals surface area contributed by atoms with Gasteiger partial charge in [-0.15, -0.1) is 0 Å². The van der Waals surface area contributed by atoms with Crippen molar-refractivity contribution >= 4 is 5.97 Å². The highest BCUT2D eigenvalue weighted by molar-refractivity contribution is 5.75. The molecule has 1 N–H and O–H groups in total. The third-order valence-corrected chi connectivity index (χ3v) is 3.88. The van der Waals surface area contributed by atoms with Gasteiger partial charge in [0.1, 0.15) is 0 Å². The molecule has 0 aliphatic carbocycles. The van der Waals surface area contributed by atoms with Gasteiger partial charge in [0.25, 0.3) is 0 Å². The average molecular weight is 234 g/mol. The molecule has 0 heterocycles. The highest BCUT2D eigenvalue weighted by Crippen LogP contribution is 2.42. The lowest BCUT2D eigenvalue weighted by molar-refractivity contribution is -0.155. The Bertz CT molecular complexity index is 376. The number of carboxylic acids is 1. The van der Waals surface area contributed by atoms with Crippen LogP contribution in [0, 0.1) is 10.8 Å². The maximum absolute atomic E-state index is 11.5. The van der Waals surface area contributed by atoms with Gasteiger partial charge in [-0.2, -0.15) is 0 Å². The Kier molecular flexibility index (Phi) is 3.97. The van der Waals surface area contributed by atoms with Crippen molar-refractivity contribution in [3.05, 3.63) is 35.9 Å². The highest BCUT2D eigenvalue weighted by atomic mass is 16.4. The number of carbonyl (C=O) groups is 1. The Morgan fingerprint density at radius 1 is 1.12 bits per heavy atom. The molecule has 0 spiro atoms. The summed E-state index contributed by atoms with van der Waals surface area (Å²) in [5.41, 5.74) is 0.264. The predicted octanol–water partition coefficient (Wildman–Crippen LogP) is 3.76. The average Bonchev–Trinajstić information content (AvgIpc) is 2.25. The van der Waals surface area contributed by atoms with Gasteiger partial charge in [0, 0.05) is 0 Å². The van der Waals surface area contributed by atoms with E-state index in [2.05, 4.69) is 0 Å². The van der Waals surface area contributed by atoms with Crippen molar-refractivity contribution in [2.24, 2.45) is 10.8 Å². The molecule has 2 nitrogen and oxygen atoms in total. The van der Waals surface area contributed by atoms with Crippen LogP contribution in [-0.4, -0.2) is 11.1 Å². The lowest BCUT2D eigenvalue weighted by Crippen LogP contribution is -2.40. The molecular formula is C15H22O2. The minimum atomic E-state index is -0.707. The van der Waals surface area contributed by atoms with Gasteiger partial charge in [-0.25, -0.2) is 0 Å². The molecule has 0 saturated heterocycles. The molecule has 1 aromatic rings. The number of carboxylic acid groups (broad SMARTS) is 1. The quantitative estimate of drug-likeness (QED) is 0.861.